The number of rotatable bonds is 2. The first-order valence-corrected chi connectivity index (χ1v) is 7.58. The second kappa shape index (κ2) is 4.87. The Balaban J connectivity index is 2.12. The molecule has 1 aromatic heterocycles. The normalized spacial score (nSPS) is 18.0. The Labute approximate surface area is 111 Å². The standard InChI is InChI=1S/C9H14ClN5O2S/c1-18(16,17)15-4-2-14(3-5-15)8-7(10)6-12-9(11)13-8/h6H,2-5H2,1H3,(H2,11,12,13). The van der Waals surface area contributed by atoms with Crippen LogP contribution in [0.25, 0.3) is 0 Å². The predicted molar refractivity (Wildman–Crippen MR) is 70.1 cm³/mol. The van der Waals surface area contributed by atoms with Crippen molar-refractivity contribution < 1.29 is 8.42 Å². The number of halogens is 1. The van der Waals surface area contributed by atoms with Crippen molar-refractivity contribution in [2.24, 2.45) is 0 Å². The van der Waals surface area contributed by atoms with Gasteiger partial charge in [0.1, 0.15) is 5.02 Å². The van der Waals surface area contributed by atoms with Crippen LogP contribution in [-0.4, -0.2) is 55.1 Å². The van der Waals surface area contributed by atoms with Crippen molar-refractivity contribution >= 4 is 33.4 Å². The molecule has 0 unspecified atom stereocenters. The van der Waals surface area contributed by atoms with Crippen molar-refractivity contribution in [2.45, 2.75) is 0 Å². The molecule has 9 heteroatoms. The Hall–Kier alpha value is -1.12. The lowest BCUT2D eigenvalue weighted by atomic mass is 10.3. The molecule has 2 heterocycles. The van der Waals surface area contributed by atoms with E-state index < -0.39 is 10.0 Å². The van der Waals surface area contributed by atoms with E-state index in [0.717, 1.165) is 0 Å². The molecule has 18 heavy (non-hydrogen) atoms. The third-order valence-corrected chi connectivity index (χ3v) is 4.32. The molecule has 1 aliphatic heterocycles. The smallest absolute Gasteiger partial charge is 0.222 e. The molecule has 0 spiro atoms. The van der Waals surface area contributed by atoms with Crippen LogP contribution >= 0.6 is 11.6 Å². The average Bonchev–Trinajstić information content (AvgIpc) is 2.31. The van der Waals surface area contributed by atoms with E-state index >= 15 is 0 Å². The molecule has 2 N–H and O–H groups in total. The van der Waals surface area contributed by atoms with Crippen LogP contribution < -0.4 is 10.6 Å². The predicted octanol–water partition coefficient (Wildman–Crippen LogP) is -0.206. The highest BCUT2D eigenvalue weighted by atomic mass is 35.5. The van der Waals surface area contributed by atoms with E-state index in [0.29, 0.717) is 37.0 Å². The molecule has 1 aliphatic rings. The summed E-state index contributed by atoms with van der Waals surface area (Å²) in [7, 11) is -3.13. The van der Waals surface area contributed by atoms with E-state index in [2.05, 4.69) is 9.97 Å². The van der Waals surface area contributed by atoms with Crippen molar-refractivity contribution in [3.63, 3.8) is 0 Å². The van der Waals surface area contributed by atoms with E-state index in [-0.39, 0.29) is 5.95 Å². The van der Waals surface area contributed by atoms with Crippen LogP contribution in [0.5, 0.6) is 0 Å². The van der Waals surface area contributed by atoms with Gasteiger partial charge in [0.05, 0.1) is 12.5 Å². The van der Waals surface area contributed by atoms with E-state index in [9.17, 15) is 8.42 Å². The van der Waals surface area contributed by atoms with Gasteiger partial charge in [0, 0.05) is 26.2 Å². The summed E-state index contributed by atoms with van der Waals surface area (Å²) < 4.78 is 24.2. The van der Waals surface area contributed by atoms with E-state index in [1.54, 1.807) is 0 Å². The van der Waals surface area contributed by atoms with Gasteiger partial charge in [0.25, 0.3) is 0 Å². The summed E-state index contributed by atoms with van der Waals surface area (Å²) in [5.41, 5.74) is 5.52. The Bertz CT molecular complexity index is 542. The average molecular weight is 292 g/mol. The number of hydrogen-bond donors (Lipinski definition) is 1. The number of nitrogen functional groups attached to an aromatic ring is 1. The van der Waals surface area contributed by atoms with Gasteiger partial charge in [-0.2, -0.15) is 9.29 Å². The maximum atomic E-state index is 11.4. The molecule has 0 aliphatic carbocycles. The Morgan fingerprint density at radius 2 is 1.94 bits per heavy atom. The first kappa shape index (κ1) is 13.3. The molecule has 0 saturated carbocycles. The van der Waals surface area contributed by atoms with Crippen LogP contribution in [0.15, 0.2) is 6.20 Å². The maximum Gasteiger partial charge on any atom is 0.222 e. The minimum Gasteiger partial charge on any atom is -0.368 e. The van der Waals surface area contributed by atoms with Crippen molar-refractivity contribution in [1.82, 2.24) is 14.3 Å². The summed E-state index contributed by atoms with van der Waals surface area (Å²) in [6, 6.07) is 0. The van der Waals surface area contributed by atoms with Gasteiger partial charge in [-0.05, 0) is 0 Å². The molecule has 0 radical (unpaired) electrons. The van der Waals surface area contributed by atoms with Gasteiger partial charge in [0.15, 0.2) is 5.82 Å². The Morgan fingerprint density at radius 1 is 1.33 bits per heavy atom. The fourth-order valence-corrected chi connectivity index (χ4v) is 2.86. The molecule has 2 rings (SSSR count). The van der Waals surface area contributed by atoms with Crippen molar-refractivity contribution in [3.8, 4) is 0 Å². The quantitative estimate of drug-likeness (QED) is 0.811. The van der Waals surface area contributed by atoms with Crippen molar-refractivity contribution in [1.29, 1.82) is 0 Å². The van der Waals surface area contributed by atoms with E-state index in [1.165, 1.54) is 16.8 Å². The maximum absolute atomic E-state index is 11.4. The lowest BCUT2D eigenvalue weighted by Gasteiger charge is -2.34. The molecule has 0 bridgehead atoms. The molecular weight excluding hydrogens is 278 g/mol. The SMILES string of the molecule is CS(=O)(=O)N1CCN(c2nc(N)ncc2Cl)CC1. The van der Waals surface area contributed by atoms with Gasteiger partial charge < -0.3 is 10.6 Å². The van der Waals surface area contributed by atoms with Gasteiger partial charge in [-0.15, -0.1) is 0 Å². The van der Waals surface area contributed by atoms with E-state index in [4.69, 9.17) is 17.3 Å². The topological polar surface area (TPSA) is 92.4 Å². The summed E-state index contributed by atoms with van der Waals surface area (Å²) in [4.78, 5) is 9.77. The van der Waals surface area contributed by atoms with Gasteiger partial charge in [-0.25, -0.2) is 13.4 Å². The van der Waals surface area contributed by atoms with Crippen LogP contribution in [0.2, 0.25) is 5.02 Å². The third-order valence-electron chi connectivity index (χ3n) is 2.75. The summed E-state index contributed by atoms with van der Waals surface area (Å²) in [5.74, 6) is 0.706. The fourth-order valence-electron chi connectivity index (χ4n) is 1.82. The molecule has 1 aromatic rings. The number of hydrogen-bond acceptors (Lipinski definition) is 6. The fraction of sp³-hybridized carbons (Fsp3) is 0.556. The highest BCUT2D eigenvalue weighted by Gasteiger charge is 2.25. The summed E-state index contributed by atoms with van der Waals surface area (Å²) >= 11 is 6.00. The van der Waals surface area contributed by atoms with Crippen LogP contribution in [0.1, 0.15) is 0 Å². The number of piperazine rings is 1. The summed E-state index contributed by atoms with van der Waals surface area (Å²) in [6.45, 7) is 1.89. The second-order valence-corrected chi connectivity index (χ2v) is 6.44. The summed E-state index contributed by atoms with van der Waals surface area (Å²) in [5, 5.41) is 0.414. The van der Waals surface area contributed by atoms with Crippen molar-refractivity contribution in [2.75, 3.05) is 43.1 Å². The monoisotopic (exact) mass is 291 g/mol. The Morgan fingerprint density at radius 3 is 2.50 bits per heavy atom. The number of nitrogens with two attached hydrogens (primary N) is 1. The molecule has 0 aromatic carbocycles. The minimum absolute atomic E-state index is 0.153. The van der Waals surface area contributed by atoms with Gasteiger partial charge >= 0.3 is 0 Å². The lowest BCUT2D eigenvalue weighted by molar-refractivity contribution is 0.387. The largest absolute Gasteiger partial charge is 0.368 e. The first-order valence-electron chi connectivity index (χ1n) is 5.36. The zero-order valence-corrected chi connectivity index (χ0v) is 11.4. The number of anilines is 2. The number of nitrogens with zero attached hydrogens (tertiary/aromatic N) is 4. The molecule has 100 valence electrons. The molecule has 7 nitrogen and oxygen atoms in total. The molecule has 0 amide bonds. The van der Waals surface area contributed by atoms with Gasteiger partial charge in [-0.3, -0.25) is 0 Å². The summed E-state index contributed by atoms with van der Waals surface area (Å²) in [6.07, 6.45) is 2.65. The van der Waals surface area contributed by atoms with Crippen LogP contribution in [0.3, 0.4) is 0 Å². The van der Waals surface area contributed by atoms with Gasteiger partial charge in [-0.1, -0.05) is 11.6 Å². The molecule has 1 saturated heterocycles. The van der Waals surface area contributed by atoms with Gasteiger partial charge in [0.2, 0.25) is 16.0 Å². The van der Waals surface area contributed by atoms with Crippen LogP contribution in [-0.2, 0) is 10.0 Å². The highest BCUT2D eigenvalue weighted by Crippen LogP contribution is 2.24. The third kappa shape index (κ3) is 2.82. The number of sulfonamides is 1. The minimum atomic E-state index is -3.13. The van der Waals surface area contributed by atoms with Crippen LogP contribution in [0.4, 0.5) is 11.8 Å². The van der Waals surface area contributed by atoms with Crippen LogP contribution in [0, 0.1) is 0 Å². The Kier molecular flexibility index (Phi) is 3.60. The molecule has 1 fully saturated rings. The lowest BCUT2D eigenvalue weighted by Crippen LogP contribution is -2.48. The molecule has 0 atom stereocenters. The zero-order chi connectivity index (χ0) is 13.3. The van der Waals surface area contributed by atoms with E-state index in [1.807, 2.05) is 4.90 Å². The van der Waals surface area contributed by atoms with Crippen molar-refractivity contribution in [3.05, 3.63) is 11.2 Å². The first-order chi connectivity index (χ1) is 8.38. The number of aromatic nitrogens is 2. The second-order valence-electron chi connectivity index (χ2n) is 4.05. The highest BCUT2D eigenvalue weighted by molar-refractivity contribution is 7.88. The zero-order valence-electron chi connectivity index (χ0n) is 9.87. The molecular formula is C9H14ClN5O2S.